The van der Waals surface area contributed by atoms with Crippen LogP contribution >= 0.6 is 11.6 Å². The molecule has 0 aliphatic heterocycles. The third kappa shape index (κ3) is 2.16. The highest BCUT2D eigenvalue weighted by molar-refractivity contribution is 6.20. The molecule has 0 amide bonds. The van der Waals surface area contributed by atoms with Gasteiger partial charge in [-0.2, -0.15) is 5.10 Å². The second-order valence-corrected chi connectivity index (χ2v) is 5.88. The van der Waals surface area contributed by atoms with Crippen LogP contribution in [-0.4, -0.2) is 19.3 Å². The Morgan fingerprint density at radius 1 is 1.38 bits per heavy atom. The minimum Gasteiger partial charge on any atom is -0.467 e. The topological polar surface area (TPSA) is 48.8 Å². The zero-order valence-corrected chi connectivity index (χ0v) is 13.4. The van der Waals surface area contributed by atoms with Crippen LogP contribution in [0.4, 0.5) is 0 Å². The molecule has 2 unspecified atom stereocenters. The molecular formula is C15H19ClN4O. The summed E-state index contributed by atoms with van der Waals surface area (Å²) in [6.45, 7) is 8.87. The van der Waals surface area contributed by atoms with Crippen LogP contribution in [0.5, 0.6) is 0 Å². The van der Waals surface area contributed by atoms with Gasteiger partial charge in [0, 0.05) is 6.54 Å². The Labute approximate surface area is 128 Å². The summed E-state index contributed by atoms with van der Waals surface area (Å²) in [7, 11) is 0. The van der Waals surface area contributed by atoms with Crippen molar-refractivity contribution in [3.63, 3.8) is 0 Å². The van der Waals surface area contributed by atoms with Gasteiger partial charge in [0.15, 0.2) is 5.65 Å². The fraction of sp³-hybridized carbons (Fsp3) is 0.467. The van der Waals surface area contributed by atoms with E-state index in [-0.39, 0.29) is 11.4 Å². The van der Waals surface area contributed by atoms with Crippen molar-refractivity contribution in [2.24, 2.45) is 0 Å². The molecule has 0 aliphatic rings. The van der Waals surface area contributed by atoms with Crippen molar-refractivity contribution < 1.29 is 4.42 Å². The lowest BCUT2D eigenvalue weighted by Gasteiger charge is -2.17. The van der Waals surface area contributed by atoms with Crippen molar-refractivity contribution in [1.29, 1.82) is 0 Å². The van der Waals surface area contributed by atoms with Crippen molar-refractivity contribution in [2.45, 2.75) is 45.7 Å². The molecule has 3 rings (SSSR count). The van der Waals surface area contributed by atoms with Crippen molar-refractivity contribution in [2.75, 3.05) is 0 Å². The number of fused-ring (bicyclic) bond motifs is 1. The van der Waals surface area contributed by atoms with E-state index in [1.807, 2.05) is 30.7 Å². The molecule has 0 N–H and O–H groups in total. The summed E-state index contributed by atoms with van der Waals surface area (Å²) in [4.78, 5) is 4.72. The Balaban J connectivity index is 2.29. The van der Waals surface area contributed by atoms with E-state index in [1.165, 1.54) is 0 Å². The van der Waals surface area contributed by atoms with Crippen LogP contribution < -0.4 is 0 Å². The predicted molar refractivity (Wildman–Crippen MR) is 82.7 cm³/mol. The van der Waals surface area contributed by atoms with Crippen LogP contribution in [0.25, 0.3) is 11.2 Å². The molecule has 2 atom stereocenters. The maximum Gasteiger partial charge on any atom is 0.159 e. The number of halogens is 1. The lowest BCUT2D eigenvalue weighted by Crippen LogP contribution is -2.14. The molecule has 0 saturated carbocycles. The summed E-state index contributed by atoms with van der Waals surface area (Å²) >= 11 is 6.35. The number of hydrogen-bond acceptors (Lipinski definition) is 3. The molecule has 0 saturated heterocycles. The Hall–Kier alpha value is -1.75. The number of hydrogen-bond donors (Lipinski definition) is 0. The average molecular weight is 307 g/mol. The van der Waals surface area contributed by atoms with E-state index in [9.17, 15) is 0 Å². The first-order chi connectivity index (χ1) is 10.0. The van der Waals surface area contributed by atoms with E-state index in [4.69, 9.17) is 21.0 Å². The molecule has 112 valence electrons. The van der Waals surface area contributed by atoms with E-state index in [2.05, 4.69) is 23.5 Å². The van der Waals surface area contributed by atoms with E-state index < -0.39 is 0 Å². The van der Waals surface area contributed by atoms with Gasteiger partial charge >= 0.3 is 0 Å². The first-order valence-corrected chi connectivity index (χ1v) is 7.61. The zero-order chi connectivity index (χ0) is 15.1. The minimum absolute atomic E-state index is 0.0163. The summed E-state index contributed by atoms with van der Waals surface area (Å²) in [5, 5.41) is 4.37. The van der Waals surface area contributed by atoms with E-state index >= 15 is 0 Å². The number of furan rings is 1. The summed E-state index contributed by atoms with van der Waals surface area (Å²) in [6.07, 6.45) is 1.69. The number of alkyl halides is 1. The predicted octanol–water partition coefficient (Wildman–Crippen LogP) is 4.06. The summed E-state index contributed by atoms with van der Waals surface area (Å²) in [6, 6.07) is 3.88. The van der Waals surface area contributed by atoms with Gasteiger partial charge in [0.2, 0.25) is 0 Å². The highest BCUT2D eigenvalue weighted by Crippen LogP contribution is 2.32. The molecule has 3 heterocycles. The standard InChI is InChI=1S/C15H19ClN4O/c1-5-19-15-13(10(3)18-19)17-14(9(2)16)20(15)11(4)12-7-6-8-21-12/h6-9,11H,5H2,1-4H3. The molecular weight excluding hydrogens is 288 g/mol. The molecule has 0 bridgehead atoms. The number of aromatic nitrogens is 4. The molecule has 21 heavy (non-hydrogen) atoms. The summed E-state index contributed by atoms with van der Waals surface area (Å²) in [5.74, 6) is 1.73. The SMILES string of the molecule is CCn1nc(C)c2nc(C(C)Cl)n(C(C)c3ccco3)c21. The number of aryl methyl sites for hydroxylation is 2. The Kier molecular flexibility index (Phi) is 3.53. The van der Waals surface area contributed by atoms with Crippen LogP contribution in [0, 0.1) is 6.92 Å². The molecule has 0 aromatic carbocycles. The van der Waals surface area contributed by atoms with Crippen molar-refractivity contribution in [1.82, 2.24) is 19.3 Å². The Morgan fingerprint density at radius 3 is 2.71 bits per heavy atom. The third-order valence-electron chi connectivity index (χ3n) is 3.77. The van der Waals surface area contributed by atoms with Gasteiger partial charge in [0.05, 0.1) is 23.4 Å². The molecule has 3 aromatic heterocycles. The Bertz CT molecular complexity index is 754. The molecule has 0 aliphatic carbocycles. The highest BCUT2D eigenvalue weighted by Gasteiger charge is 2.25. The van der Waals surface area contributed by atoms with Gasteiger partial charge in [-0.1, -0.05) is 0 Å². The second kappa shape index (κ2) is 5.22. The fourth-order valence-electron chi connectivity index (χ4n) is 2.75. The number of nitrogens with zero attached hydrogens (tertiary/aromatic N) is 4. The van der Waals surface area contributed by atoms with Crippen LogP contribution in [0.1, 0.15) is 49.5 Å². The second-order valence-electron chi connectivity index (χ2n) is 5.22. The normalized spacial score (nSPS) is 14.7. The molecule has 6 heteroatoms. The van der Waals surface area contributed by atoms with Gasteiger partial charge in [0.25, 0.3) is 0 Å². The quantitative estimate of drug-likeness (QED) is 0.683. The number of rotatable bonds is 4. The average Bonchev–Trinajstić information content (AvgIpc) is 3.14. The van der Waals surface area contributed by atoms with Crippen LogP contribution in [0.15, 0.2) is 22.8 Å². The van der Waals surface area contributed by atoms with Crippen LogP contribution in [0.2, 0.25) is 0 Å². The van der Waals surface area contributed by atoms with E-state index in [0.29, 0.717) is 0 Å². The van der Waals surface area contributed by atoms with Gasteiger partial charge in [-0.05, 0) is 39.8 Å². The van der Waals surface area contributed by atoms with Crippen LogP contribution in [0.3, 0.4) is 0 Å². The maximum absolute atomic E-state index is 6.35. The zero-order valence-electron chi connectivity index (χ0n) is 12.7. The summed E-state index contributed by atoms with van der Waals surface area (Å²) in [5.41, 5.74) is 2.84. The molecule has 5 nitrogen and oxygen atoms in total. The first kappa shape index (κ1) is 14.2. The molecule has 0 fully saturated rings. The van der Waals surface area contributed by atoms with E-state index in [1.54, 1.807) is 6.26 Å². The van der Waals surface area contributed by atoms with Gasteiger partial charge in [-0.25, -0.2) is 9.67 Å². The van der Waals surface area contributed by atoms with Gasteiger partial charge in [-0.15, -0.1) is 11.6 Å². The molecule has 0 radical (unpaired) electrons. The molecule has 3 aromatic rings. The van der Waals surface area contributed by atoms with Gasteiger partial charge < -0.3 is 8.98 Å². The molecule has 0 spiro atoms. The van der Waals surface area contributed by atoms with Gasteiger partial charge in [0.1, 0.15) is 17.1 Å². The summed E-state index contributed by atoms with van der Waals surface area (Å²) < 4.78 is 9.67. The first-order valence-electron chi connectivity index (χ1n) is 7.17. The third-order valence-corrected chi connectivity index (χ3v) is 3.96. The lowest BCUT2D eigenvalue weighted by atomic mass is 10.2. The van der Waals surface area contributed by atoms with Crippen molar-refractivity contribution >= 4 is 22.8 Å². The largest absolute Gasteiger partial charge is 0.467 e. The fourth-order valence-corrected chi connectivity index (χ4v) is 2.90. The monoisotopic (exact) mass is 306 g/mol. The van der Waals surface area contributed by atoms with Crippen molar-refractivity contribution in [3.05, 3.63) is 35.7 Å². The number of imidazole rings is 1. The maximum atomic E-state index is 6.35. The van der Waals surface area contributed by atoms with Crippen molar-refractivity contribution in [3.8, 4) is 0 Å². The van der Waals surface area contributed by atoms with Gasteiger partial charge in [-0.3, -0.25) is 0 Å². The van der Waals surface area contributed by atoms with Crippen LogP contribution in [-0.2, 0) is 6.54 Å². The lowest BCUT2D eigenvalue weighted by molar-refractivity contribution is 0.439. The minimum atomic E-state index is -0.181. The van der Waals surface area contributed by atoms with E-state index in [0.717, 1.165) is 35.0 Å². The smallest absolute Gasteiger partial charge is 0.159 e. The highest BCUT2D eigenvalue weighted by atomic mass is 35.5. The Morgan fingerprint density at radius 2 is 2.14 bits per heavy atom.